The second kappa shape index (κ2) is 6.03. The predicted octanol–water partition coefficient (Wildman–Crippen LogP) is 1.68. The molecule has 116 valence electrons. The Balaban J connectivity index is 2.31. The molecule has 2 rings (SSSR count). The Hall–Kier alpha value is -1.60. The van der Waals surface area contributed by atoms with E-state index in [4.69, 9.17) is 4.74 Å². The monoisotopic (exact) mass is 312 g/mol. The number of sulfonamides is 1. The van der Waals surface area contributed by atoms with Crippen LogP contribution in [0.25, 0.3) is 0 Å². The number of rotatable bonds is 5. The van der Waals surface area contributed by atoms with Gasteiger partial charge in [0.1, 0.15) is 10.6 Å². The third kappa shape index (κ3) is 3.19. The van der Waals surface area contributed by atoms with Gasteiger partial charge in [-0.2, -0.15) is 0 Å². The van der Waals surface area contributed by atoms with Crippen molar-refractivity contribution in [3.63, 3.8) is 0 Å². The van der Waals surface area contributed by atoms with Gasteiger partial charge in [0, 0.05) is 25.7 Å². The Morgan fingerprint density at radius 3 is 2.48 bits per heavy atom. The molecule has 0 radical (unpaired) electrons. The highest BCUT2D eigenvalue weighted by atomic mass is 32.2. The van der Waals surface area contributed by atoms with Crippen molar-refractivity contribution >= 4 is 21.6 Å². The van der Waals surface area contributed by atoms with Crippen molar-refractivity contribution in [1.82, 2.24) is 4.31 Å². The number of nitrogens with one attached hydrogen (secondary N) is 1. The number of methoxy groups -OCH3 is 1. The first-order chi connectivity index (χ1) is 9.86. The van der Waals surface area contributed by atoms with Crippen LogP contribution < -0.4 is 10.1 Å². The van der Waals surface area contributed by atoms with Crippen LogP contribution in [0.15, 0.2) is 23.1 Å². The van der Waals surface area contributed by atoms with Crippen LogP contribution in [0, 0.1) is 5.92 Å². The van der Waals surface area contributed by atoms with E-state index in [2.05, 4.69) is 5.32 Å². The minimum Gasteiger partial charge on any atom is -0.495 e. The lowest BCUT2D eigenvalue weighted by atomic mass is 9.85. The topological polar surface area (TPSA) is 75.7 Å². The van der Waals surface area contributed by atoms with E-state index in [1.807, 2.05) is 0 Å². The first-order valence-electron chi connectivity index (χ1n) is 6.77. The molecule has 1 aromatic rings. The van der Waals surface area contributed by atoms with Crippen LogP contribution in [-0.2, 0) is 14.8 Å². The molecule has 0 aliphatic heterocycles. The molecule has 0 bridgehead atoms. The van der Waals surface area contributed by atoms with Crippen molar-refractivity contribution in [2.24, 2.45) is 5.92 Å². The fraction of sp³-hybridized carbons (Fsp3) is 0.500. The number of benzene rings is 1. The van der Waals surface area contributed by atoms with Gasteiger partial charge in [0.25, 0.3) is 0 Å². The quantitative estimate of drug-likeness (QED) is 0.897. The van der Waals surface area contributed by atoms with Gasteiger partial charge in [-0.15, -0.1) is 0 Å². The normalized spacial score (nSPS) is 15.6. The highest BCUT2D eigenvalue weighted by Crippen LogP contribution is 2.31. The number of carbonyl (C=O) groups is 1. The highest BCUT2D eigenvalue weighted by Gasteiger charge is 2.26. The van der Waals surface area contributed by atoms with Crippen LogP contribution in [0.5, 0.6) is 5.75 Å². The largest absolute Gasteiger partial charge is 0.495 e. The molecule has 7 heteroatoms. The molecule has 21 heavy (non-hydrogen) atoms. The first kappa shape index (κ1) is 15.8. The van der Waals surface area contributed by atoms with Crippen molar-refractivity contribution in [3.8, 4) is 5.75 Å². The highest BCUT2D eigenvalue weighted by molar-refractivity contribution is 7.89. The van der Waals surface area contributed by atoms with Crippen LogP contribution in [0.4, 0.5) is 5.69 Å². The van der Waals surface area contributed by atoms with Crippen LogP contribution in [0.2, 0.25) is 0 Å². The van der Waals surface area contributed by atoms with Crippen LogP contribution in [0.3, 0.4) is 0 Å². The average Bonchev–Trinajstić information content (AvgIpc) is 2.36. The number of anilines is 1. The van der Waals surface area contributed by atoms with Gasteiger partial charge < -0.3 is 10.1 Å². The van der Waals surface area contributed by atoms with E-state index in [9.17, 15) is 13.2 Å². The Morgan fingerprint density at radius 2 is 2.00 bits per heavy atom. The van der Waals surface area contributed by atoms with Gasteiger partial charge in [0.15, 0.2) is 0 Å². The summed E-state index contributed by atoms with van der Waals surface area (Å²) >= 11 is 0. The number of nitrogens with zero attached hydrogens (tertiary/aromatic N) is 1. The zero-order chi connectivity index (χ0) is 15.6. The molecule has 1 aliphatic rings. The Labute approximate surface area is 125 Å². The molecule has 1 fully saturated rings. The molecule has 0 atom stereocenters. The molecular formula is C14H20N2O4S. The van der Waals surface area contributed by atoms with Gasteiger partial charge in [0.05, 0.1) is 7.11 Å². The van der Waals surface area contributed by atoms with Crippen molar-refractivity contribution in [2.45, 2.75) is 24.2 Å². The third-order valence-corrected chi connectivity index (χ3v) is 5.50. The molecule has 1 N–H and O–H groups in total. The smallest absolute Gasteiger partial charge is 0.246 e. The Kier molecular flexibility index (Phi) is 4.53. The number of hydrogen-bond donors (Lipinski definition) is 1. The molecule has 0 heterocycles. The Morgan fingerprint density at radius 1 is 1.33 bits per heavy atom. The molecule has 1 aliphatic carbocycles. The van der Waals surface area contributed by atoms with E-state index < -0.39 is 10.0 Å². The zero-order valence-electron chi connectivity index (χ0n) is 12.4. The molecule has 0 unspecified atom stereocenters. The fourth-order valence-corrected chi connectivity index (χ4v) is 3.14. The average molecular weight is 312 g/mol. The summed E-state index contributed by atoms with van der Waals surface area (Å²) in [7, 11) is 0.686. The molecule has 1 saturated carbocycles. The van der Waals surface area contributed by atoms with E-state index in [1.54, 1.807) is 12.1 Å². The zero-order valence-corrected chi connectivity index (χ0v) is 13.2. The van der Waals surface area contributed by atoms with Crippen molar-refractivity contribution in [2.75, 3.05) is 26.5 Å². The summed E-state index contributed by atoms with van der Waals surface area (Å²) in [5.41, 5.74) is 0.466. The summed E-state index contributed by atoms with van der Waals surface area (Å²) in [6.45, 7) is 0. The summed E-state index contributed by atoms with van der Waals surface area (Å²) in [4.78, 5) is 12.0. The summed E-state index contributed by atoms with van der Waals surface area (Å²) < 4.78 is 30.8. The van der Waals surface area contributed by atoms with Crippen molar-refractivity contribution in [3.05, 3.63) is 18.2 Å². The maximum Gasteiger partial charge on any atom is 0.246 e. The number of ether oxygens (including phenoxy) is 1. The fourth-order valence-electron chi connectivity index (χ4n) is 2.07. The van der Waals surface area contributed by atoms with E-state index in [0.717, 1.165) is 23.6 Å². The van der Waals surface area contributed by atoms with E-state index in [-0.39, 0.29) is 22.5 Å². The van der Waals surface area contributed by atoms with Crippen LogP contribution >= 0.6 is 0 Å². The summed E-state index contributed by atoms with van der Waals surface area (Å²) in [6, 6.07) is 4.63. The second-order valence-electron chi connectivity index (χ2n) is 5.27. The van der Waals surface area contributed by atoms with Gasteiger partial charge in [-0.1, -0.05) is 6.42 Å². The predicted molar refractivity (Wildman–Crippen MR) is 79.8 cm³/mol. The molecule has 0 saturated heterocycles. The minimum atomic E-state index is -3.63. The molecule has 1 aromatic carbocycles. The summed E-state index contributed by atoms with van der Waals surface area (Å²) in [6.07, 6.45) is 2.86. The number of amides is 1. The van der Waals surface area contributed by atoms with Crippen LogP contribution in [0.1, 0.15) is 19.3 Å². The first-order valence-corrected chi connectivity index (χ1v) is 8.21. The number of carbonyl (C=O) groups excluding carboxylic acids is 1. The lowest BCUT2D eigenvalue weighted by Gasteiger charge is -2.24. The number of hydrogen-bond acceptors (Lipinski definition) is 4. The van der Waals surface area contributed by atoms with Gasteiger partial charge >= 0.3 is 0 Å². The van der Waals surface area contributed by atoms with Crippen molar-refractivity contribution < 1.29 is 17.9 Å². The second-order valence-corrected chi connectivity index (χ2v) is 7.39. The SMILES string of the molecule is COc1ccc(NC(=O)C2CCC2)cc1S(=O)(=O)N(C)C. The molecule has 0 spiro atoms. The molecule has 0 aromatic heterocycles. The van der Waals surface area contributed by atoms with Gasteiger partial charge in [-0.3, -0.25) is 4.79 Å². The summed E-state index contributed by atoms with van der Waals surface area (Å²) in [5, 5.41) is 2.77. The molecular weight excluding hydrogens is 292 g/mol. The van der Waals surface area contributed by atoms with Gasteiger partial charge in [0.2, 0.25) is 15.9 Å². The van der Waals surface area contributed by atoms with Crippen LogP contribution in [-0.4, -0.2) is 39.8 Å². The van der Waals surface area contributed by atoms with E-state index in [1.165, 1.54) is 27.3 Å². The maximum absolute atomic E-state index is 12.3. The van der Waals surface area contributed by atoms with E-state index in [0.29, 0.717) is 5.69 Å². The Bertz CT molecular complexity index is 636. The lowest BCUT2D eigenvalue weighted by Crippen LogP contribution is -2.28. The minimum absolute atomic E-state index is 0.0426. The van der Waals surface area contributed by atoms with Gasteiger partial charge in [-0.05, 0) is 31.0 Å². The molecule has 1 amide bonds. The standard InChI is InChI=1S/C14H20N2O4S/c1-16(2)21(18,19)13-9-11(7-8-12(13)20-3)15-14(17)10-5-4-6-10/h7-10H,4-6H2,1-3H3,(H,15,17). The van der Waals surface area contributed by atoms with Crippen molar-refractivity contribution in [1.29, 1.82) is 0 Å². The van der Waals surface area contributed by atoms with E-state index >= 15 is 0 Å². The van der Waals surface area contributed by atoms with Gasteiger partial charge in [-0.25, -0.2) is 12.7 Å². The lowest BCUT2D eigenvalue weighted by molar-refractivity contribution is -0.122. The summed E-state index contributed by atoms with van der Waals surface area (Å²) in [5.74, 6) is 0.242. The third-order valence-electron chi connectivity index (χ3n) is 3.67. The maximum atomic E-state index is 12.3. The molecule has 6 nitrogen and oxygen atoms in total.